The molecule has 4 heteroatoms. The van der Waals surface area contributed by atoms with Crippen LogP contribution in [0.5, 0.6) is 0 Å². The first-order chi connectivity index (χ1) is 9.72. The van der Waals surface area contributed by atoms with Crippen molar-refractivity contribution in [3.05, 3.63) is 39.6 Å². The van der Waals surface area contributed by atoms with Crippen LogP contribution in [0.1, 0.15) is 50.9 Å². The maximum atomic E-state index is 6.23. The highest BCUT2D eigenvalue weighted by Crippen LogP contribution is 2.45. The van der Waals surface area contributed by atoms with Crippen molar-refractivity contribution < 1.29 is 4.52 Å². The summed E-state index contributed by atoms with van der Waals surface area (Å²) >= 11 is 12.5. The number of nitrogens with zero attached hydrogens (tertiary/aromatic N) is 1. The second-order valence-corrected chi connectivity index (χ2v) is 5.41. The van der Waals surface area contributed by atoms with Gasteiger partial charge in [-0.3, -0.25) is 0 Å². The zero-order chi connectivity index (χ0) is 14.7. The molecule has 1 aliphatic carbocycles. The molecule has 1 fully saturated rings. The van der Waals surface area contributed by atoms with Gasteiger partial charge in [0.25, 0.3) is 0 Å². The fraction of sp³-hybridized carbons (Fsp3) is 0.438. The number of rotatable bonds is 3. The lowest BCUT2D eigenvalue weighted by atomic mass is 10.0. The Morgan fingerprint density at radius 2 is 1.80 bits per heavy atom. The lowest BCUT2D eigenvalue weighted by molar-refractivity contribution is 0.385. The van der Waals surface area contributed by atoms with Crippen LogP contribution in [0.2, 0.25) is 10.0 Å². The van der Waals surface area contributed by atoms with Crippen molar-refractivity contribution in [2.75, 3.05) is 0 Å². The van der Waals surface area contributed by atoms with Crippen LogP contribution >= 0.6 is 23.2 Å². The molecule has 0 aliphatic heterocycles. The van der Waals surface area contributed by atoms with E-state index in [1.807, 2.05) is 32.0 Å². The molecule has 1 aliphatic rings. The summed E-state index contributed by atoms with van der Waals surface area (Å²) in [5.41, 5.74) is 2.73. The van der Waals surface area contributed by atoms with Crippen molar-refractivity contribution in [3.63, 3.8) is 0 Å². The molecule has 0 bridgehead atoms. The summed E-state index contributed by atoms with van der Waals surface area (Å²) in [7, 11) is 0. The van der Waals surface area contributed by atoms with E-state index in [2.05, 4.69) is 12.1 Å². The smallest absolute Gasteiger partial charge is 0.143 e. The molecule has 2 nitrogen and oxygen atoms in total. The van der Waals surface area contributed by atoms with Gasteiger partial charge in [0.05, 0.1) is 10.0 Å². The Kier molecular flexibility index (Phi) is 5.11. The predicted octanol–water partition coefficient (Wildman–Crippen LogP) is 6.11. The van der Waals surface area contributed by atoms with Crippen molar-refractivity contribution in [1.82, 2.24) is 5.16 Å². The maximum absolute atomic E-state index is 6.23. The van der Waals surface area contributed by atoms with Crippen molar-refractivity contribution in [2.45, 2.75) is 46.0 Å². The van der Waals surface area contributed by atoms with E-state index in [1.54, 1.807) is 0 Å². The van der Waals surface area contributed by atoms with Gasteiger partial charge < -0.3 is 4.52 Å². The quantitative estimate of drug-likeness (QED) is 0.683. The largest absolute Gasteiger partial charge is 0.360 e. The highest BCUT2D eigenvalue weighted by molar-refractivity contribution is 6.39. The Morgan fingerprint density at radius 1 is 1.20 bits per heavy atom. The second kappa shape index (κ2) is 6.64. The number of hydrogen-bond donors (Lipinski definition) is 0. The lowest BCUT2D eigenvalue weighted by Gasteiger charge is -2.05. The van der Waals surface area contributed by atoms with Gasteiger partial charge in [0, 0.05) is 17.0 Å². The number of hydrogen-bond acceptors (Lipinski definition) is 2. The van der Waals surface area contributed by atoms with Gasteiger partial charge in [-0.15, -0.1) is 0 Å². The van der Waals surface area contributed by atoms with E-state index in [4.69, 9.17) is 27.7 Å². The van der Waals surface area contributed by atoms with Crippen LogP contribution in [0, 0.1) is 0 Å². The number of halogens is 2. The monoisotopic (exact) mass is 311 g/mol. The molecule has 0 spiro atoms. The summed E-state index contributed by atoms with van der Waals surface area (Å²) in [6.45, 7) is 6.10. The van der Waals surface area contributed by atoms with E-state index in [9.17, 15) is 0 Å². The summed E-state index contributed by atoms with van der Waals surface area (Å²) in [6.07, 6.45) is 3.27. The molecule has 0 N–H and O–H groups in total. The van der Waals surface area contributed by atoms with Gasteiger partial charge in [-0.2, -0.15) is 0 Å². The van der Waals surface area contributed by atoms with Gasteiger partial charge in [-0.05, 0) is 31.4 Å². The minimum absolute atomic E-state index is 0.544. The molecular formula is C16H19Cl2NO. The van der Waals surface area contributed by atoms with Crippen LogP contribution in [0.4, 0.5) is 0 Å². The minimum Gasteiger partial charge on any atom is -0.360 e. The topological polar surface area (TPSA) is 26.0 Å². The summed E-state index contributed by atoms with van der Waals surface area (Å²) in [6, 6.07) is 5.49. The first kappa shape index (κ1) is 15.4. The fourth-order valence-electron chi connectivity index (χ4n) is 2.25. The lowest BCUT2D eigenvalue weighted by Crippen LogP contribution is -1.90. The van der Waals surface area contributed by atoms with Crippen LogP contribution in [-0.4, -0.2) is 5.16 Å². The summed E-state index contributed by atoms with van der Waals surface area (Å²) in [5.74, 6) is 1.56. The Balaban J connectivity index is 0.000000704. The van der Waals surface area contributed by atoms with Crippen LogP contribution in [0.3, 0.4) is 0 Å². The van der Waals surface area contributed by atoms with Crippen molar-refractivity contribution >= 4 is 23.2 Å². The zero-order valence-electron chi connectivity index (χ0n) is 12.0. The average molecular weight is 312 g/mol. The predicted molar refractivity (Wildman–Crippen MR) is 84.7 cm³/mol. The fourth-order valence-corrected chi connectivity index (χ4v) is 2.83. The maximum Gasteiger partial charge on any atom is 0.143 e. The Bertz CT molecular complexity index is 568. The van der Waals surface area contributed by atoms with Crippen molar-refractivity contribution in [3.8, 4) is 11.3 Å². The van der Waals surface area contributed by atoms with E-state index in [0.717, 1.165) is 29.0 Å². The van der Waals surface area contributed by atoms with Crippen molar-refractivity contribution in [2.24, 2.45) is 0 Å². The van der Waals surface area contributed by atoms with Gasteiger partial charge in [0.1, 0.15) is 11.5 Å². The van der Waals surface area contributed by atoms with Crippen LogP contribution in [0.25, 0.3) is 11.3 Å². The van der Waals surface area contributed by atoms with Gasteiger partial charge in [0.2, 0.25) is 0 Å². The molecule has 108 valence electrons. The molecule has 1 aromatic carbocycles. The Hall–Kier alpha value is -0.990. The third-order valence-corrected chi connectivity index (χ3v) is 3.95. The normalized spacial score (nSPS) is 13.8. The van der Waals surface area contributed by atoms with Gasteiger partial charge in [-0.25, -0.2) is 0 Å². The molecular weight excluding hydrogens is 293 g/mol. The second-order valence-electron chi connectivity index (χ2n) is 4.60. The molecule has 0 radical (unpaired) electrons. The van der Waals surface area contributed by atoms with Gasteiger partial charge in [-0.1, -0.05) is 55.2 Å². The summed E-state index contributed by atoms with van der Waals surface area (Å²) in [5, 5.41) is 5.43. The van der Waals surface area contributed by atoms with E-state index in [1.165, 1.54) is 12.8 Å². The van der Waals surface area contributed by atoms with E-state index >= 15 is 0 Å². The molecule has 0 amide bonds. The van der Waals surface area contributed by atoms with Gasteiger partial charge >= 0.3 is 0 Å². The molecule has 1 aromatic heterocycles. The Morgan fingerprint density at radius 3 is 2.30 bits per heavy atom. The molecule has 20 heavy (non-hydrogen) atoms. The van der Waals surface area contributed by atoms with Crippen LogP contribution < -0.4 is 0 Å². The molecule has 1 saturated carbocycles. The van der Waals surface area contributed by atoms with E-state index in [0.29, 0.717) is 16.0 Å². The van der Waals surface area contributed by atoms with E-state index in [-0.39, 0.29) is 0 Å². The van der Waals surface area contributed by atoms with E-state index < -0.39 is 0 Å². The average Bonchev–Trinajstić information content (AvgIpc) is 3.22. The molecule has 3 rings (SSSR count). The third kappa shape index (κ3) is 2.87. The molecule has 1 heterocycles. The first-order valence-corrected chi connectivity index (χ1v) is 7.90. The number of aromatic nitrogens is 1. The minimum atomic E-state index is 0.544. The summed E-state index contributed by atoms with van der Waals surface area (Å²) in [4.78, 5) is 0. The molecule has 0 saturated heterocycles. The Labute approximate surface area is 130 Å². The van der Waals surface area contributed by atoms with Crippen LogP contribution in [-0.2, 0) is 6.42 Å². The third-order valence-electron chi connectivity index (χ3n) is 3.32. The van der Waals surface area contributed by atoms with Crippen molar-refractivity contribution in [1.29, 1.82) is 0 Å². The zero-order valence-corrected chi connectivity index (χ0v) is 13.6. The van der Waals surface area contributed by atoms with Gasteiger partial charge in [0.15, 0.2) is 0 Å². The first-order valence-electron chi connectivity index (χ1n) is 7.15. The molecule has 0 unspecified atom stereocenters. The summed E-state index contributed by atoms with van der Waals surface area (Å²) < 4.78 is 5.51. The molecule has 2 aromatic rings. The number of benzene rings is 1. The standard InChI is InChI=1S/C14H13Cl2NO.C2H6/c1-2-9-13(17-18-14(9)8-6-7-8)12-10(15)4-3-5-11(12)16;1-2/h3-5,8H,2,6-7H2,1H3;1-2H3. The molecule has 0 atom stereocenters. The highest BCUT2D eigenvalue weighted by Gasteiger charge is 2.32. The highest BCUT2D eigenvalue weighted by atomic mass is 35.5. The van der Waals surface area contributed by atoms with Crippen LogP contribution in [0.15, 0.2) is 22.7 Å². The SMILES string of the molecule is CC.CCc1c(-c2c(Cl)cccc2Cl)noc1C1CC1.